The molecule has 1 aliphatic carbocycles. The minimum absolute atomic E-state index is 0.310. The smallest absolute Gasteiger partial charge is 0.317 e. The van der Waals surface area contributed by atoms with Crippen molar-refractivity contribution in [2.24, 2.45) is 11.8 Å². The van der Waals surface area contributed by atoms with Gasteiger partial charge in [-0.15, -0.1) is 0 Å². The molecule has 1 aromatic carbocycles. The van der Waals surface area contributed by atoms with Crippen LogP contribution < -0.4 is 0 Å². The zero-order chi connectivity index (χ0) is 17.2. The first-order chi connectivity index (χ1) is 11.4. The zero-order valence-electron chi connectivity index (χ0n) is 14.9. The molecule has 0 aromatic heterocycles. The van der Waals surface area contributed by atoms with Crippen LogP contribution in [0.25, 0.3) is 0 Å². The van der Waals surface area contributed by atoms with Gasteiger partial charge in [0.15, 0.2) is 0 Å². The molecular formula is C21H30F2O. The molecule has 2 fully saturated rings. The van der Waals surface area contributed by atoms with Crippen molar-refractivity contribution >= 4 is 0 Å². The molecule has 0 bridgehead atoms. The van der Waals surface area contributed by atoms with E-state index in [4.69, 9.17) is 4.74 Å². The van der Waals surface area contributed by atoms with Crippen LogP contribution in [0.1, 0.15) is 75.8 Å². The van der Waals surface area contributed by atoms with Gasteiger partial charge in [-0.05, 0) is 61.5 Å². The van der Waals surface area contributed by atoms with Crippen LogP contribution in [0.3, 0.4) is 0 Å². The fourth-order valence-electron chi connectivity index (χ4n) is 4.08. The van der Waals surface area contributed by atoms with Crippen LogP contribution in [-0.4, -0.2) is 12.2 Å². The van der Waals surface area contributed by atoms with E-state index < -0.39 is 12.0 Å². The van der Waals surface area contributed by atoms with Crippen LogP contribution in [0.15, 0.2) is 24.3 Å². The van der Waals surface area contributed by atoms with Crippen molar-refractivity contribution < 1.29 is 13.5 Å². The van der Waals surface area contributed by atoms with Crippen LogP contribution in [0, 0.1) is 11.8 Å². The summed E-state index contributed by atoms with van der Waals surface area (Å²) < 4.78 is 32.3. The van der Waals surface area contributed by atoms with Gasteiger partial charge in [0, 0.05) is 5.92 Å². The quantitative estimate of drug-likeness (QED) is 0.625. The number of aryl methyl sites for hydroxylation is 1. The third-order valence-corrected chi connectivity index (χ3v) is 6.04. The van der Waals surface area contributed by atoms with E-state index in [1.54, 1.807) is 6.92 Å². The molecule has 0 radical (unpaired) electrons. The van der Waals surface area contributed by atoms with Gasteiger partial charge in [-0.3, -0.25) is 0 Å². The Morgan fingerprint density at radius 1 is 0.958 bits per heavy atom. The van der Waals surface area contributed by atoms with Crippen molar-refractivity contribution in [2.45, 2.75) is 83.3 Å². The summed E-state index contributed by atoms with van der Waals surface area (Å²) in [5.41, 5.74) is 2.67. The third kappa shape index (κ3) is 4.36. The highest BCUT2D eigenvalue weighted by Crippen LogP contribution is 2.38. The van der Waals surface area contributed by atoms with E-state index in [1.807, 2.05) is 0 Å². The molecule has 1 aromatic rings. The lowest BCUT2D eigenvalue weighted by Crippen LogP contribution is -2.39. The van der Waals surface area contributed by atoms with Crippen molar-refractivity contribution in [1.29, 1.82) is 0 Å². The average Bonchev–Trinajstić information content (AvgIpc) is 2.57. The fourth-order valence-corrected chi connectivity index (χ4v) is 4.08. The molecular weight excluding hydrogens is 306 g/mol. The highest BCUT2D eigenvalue weighted by Gasteiger charge is 2.43. The molecule has 2 aliphatic rings. The summed E-state index contributed by atoms with van der Waals surface area (Å²) >= 11 is 0. The van der Waals surface area contributed by atoms with Gasteiger partial charge in [0.25, 0.3) is 0 Å². The number of benzene rings is 1. The van der Waals surface area contributed by atoms with E-state index in [2.05, 4.69) is 31.2 Å². The molecule has 1 heterocycles. The Balaban J connectivity index is 1.50. The van der Waals surface area contributed by atoms with Crippen molar-refractivity contribution in [2.75, 3.05) is 0 Å². The molecule has 24 heavy (non-hydrogen) atoms. The minimum atomic E-state index is -2.95. The van der Waals surface area contributed by atoms with Crippen molar-refractivity contribution in [3.8, 4) is 0 Å². The molecule has 1 aliphatic heterocycles. The highest BCUT2D eigenvalue weighted by atomic mass is 19.3. The lowest BCUT2D eigenvalue weighted by atomic mass is 9.79. The van der Waals surface area contributed by atoms with Gasteiger partial charge < -0.3 is 4.74 Å². The second kappa shape index (κ2) is 7.51. The standard InChI is InChI=1S/C21H30F2O/c1-15-3-9-18(10-4-15)19-11-6-17(7-12-19)8-14-20-13-5-16(2)21(22,23)24-20/h6-7,11-12,15-16,18,20H,3-5,8-10,13-14H2,1-2H3. The van der Waals surface area contributed by atoms with Gasteiger partial charge in [-0.25, -0.2) is 0 Å². The van der Waals surface area contributed by atoms with Crippen molar-refractivity contribution in [1.82, 2.24) is 0 Å². The van der Waals surface area contributed by atoms with E-state index in [0.29, 0.717) is 18.8 Å². The summed E-state index contributed by atoms with van der Waals surface area (Å²) in [5.74, 6) is 0.917. The molecule has 1 saturated carbocycles. The van der Waals surface area contributed by atoms with E-state index >= 15 is 0 Å². The fraction of sp³-hybridized carbons (Fsp3) is 0.714. The molecule has 0 N–H and O–H groups in total. The molecule has 3 heteroatoms. The second-order valence-corrected chi connectivity index (χ2v) is 8.02. The Labute approximate surface area is 144 Å². The van der Waals surface area contributed by atoms with E-state index in [9.17, 15) is 8.78 Å². The zero-order valence-corrected chi connectivity index (χ0v) is 14.9. The summed E-state index contributed by atoms with van der Waals surface area (Å²) in [7, 11) is 0. The van der Waals surface area contributed by atoms with Gasteiger partial charge in [0.05, 0.1) is 6.10 Å². The number of halogens is 2. The van der Waals surface area contributed by atoms with Crippen molar-refractivity contribution in [3.05, 3.63) is 35.4 Å². The SMILES string of the molecule is CC1CCC(c2ccc(CCC3CCC(C)C(F)(F)O3)cc2)CC1. The van der Waals surface area contributed by atoms with Crippen LogP contribution in [-0.2, 0) is 11.2 Å². The Hall–Kier alpha value is -0.960. The molecule has 3 rings (SSSR count). The molecule has 1 nitrogen and oxygen atoms in total. The Kier molecular flexibility index (Phi) is 5.59. The first kappa shape index (κ1) is 17.8. The summed E-state index contributed by atoms with van der Waals surface area (Å²) in [4.78, 5) is 0. The number of hydrogen-bond donors (Lipinski definition) is 0. The van der Waals surface area contributed by atoms with E-state index in [-0.39, 0.29) is 6.10 Å². The van der Waals surface area contributed by atoms with Crippen LogP contribution in [0.2, 0.25) is 0 Å². The van der Waals surface area contributed by atoms with Gasteiger partial charge in [0.1, 0.15) is 0 Å². The number of alkyl halides is 2. The minimum Gasteiger partial charge on any atom is -0.317 e. The summed E-state index contributed by atoms with van der Waals surface area (Å²) in [6.07, 6.45) is 4.79. The van der Waals surface area contributed by atoms with Crippen LogP contribution >= 0.6 is 0 Å². The predicted octanol–water partition coefficient (Wildman–Crippen LogP) is 6.32. The van der Waals surface area contributed by atoms with Crippen LogP contribution in [0.5, 0.6) is 0 Å². The number of ether oxygens (including phenoxy) is 1. The molecule has 0 amide bonds. The molecule has 134 valence electrons. The molecule has 2 atom stereocenters. The van der Waals surface area contributed by atoms with Gasteiger partial charge in [0.2, 0.25) is 0 Å². The monoisotopic (exact) mass is 336 g/mol. The first-order valence-corrected chi connectivity index (χ1v) is 9.58. The van der Waals surface area contributed by atoms with Gasteiger partial charge in [-0.2, -0.15) is 8.78 Å². The Morgan fingerprint density at radius 2 is 1.62 bits per heavy atom. The predicted molar refractivity (Wildman–Crippen MR) is 93.4 cm³/mol. The number of rotatable bonds is 4. The first-order valence-electron chi connectivity index (χ1n) is 9.58. The van der Waals surface area contributed by atoms with Gasteiger partial charge in [-0.1, -0.05) is 51.0 Å². The van der Waals surface area contributed by atoms with Crippen molar-refractivity contribution in [3.63, 3.8) is 0 Å². The molecule has 2 unspecified atom stereocenters. The van der Waals surface area contributed by atoms with Crippen LogP contribution in [0.4, 0.5) is 8.78 Å². The summed E-state index contributed by atoms with van der Waals surface area (Å²) in [6.45, 7) is 3.91. The Bertz CT molecular complexity index is 517. The third-order valence-electron chi connectivity index (χ3n) is 6.04. The van der Waals surface area contributed by atoms with E-state index in [1.165, 1.54) is 36.8 Å². The maximum atomic E-state index is 13.6. The average molecular weight is 336 g/mol. The van der Waals surface area contributed by atoms with E-state index in [0.717, 1.165) is 18.8 Å². The highest BCUT2D eigenvalue weighted by molar-refractivity contribution is 5.26. The lowest BCUT2D eigenvalue weighted by Gasteiger charge is -2.34. The summed E-state index contributed by atoms with van der Waals surface area (Å²) in [5, 5.41) is 0. The topological polar surface area (TPSA) is 9.23 Å². The maximum absolute atomic E-state index is 13.6. The maximum Gasteiger partial charge on any atom is 0.358 e. The normalized spacial score (nSPS) is 33.3. The van der Waals surface area contributed by atoms with Gasteiger partial charge >= 0.3 is 6.11 Å². The lowest BCUT2D eigenvalue weighted by molar-refractivity contribution is -0.311. The summed E-state index contributed by atoms with van der Waals surface area (Å²) in [6, 6.07) is 8.84. The molecule has 1 saturated heterocycles. The molecule has 0 spiro atoms. The Morgan fingerprint density at radius 3 is 2.25 bits per heavy atom. The second-order valence-electron chi connectivity index (χ2n) is 8.02. The number of hydrogen-bond acceptors (Lipinski definition) is 1. The largest absolute Gasteiger partial charge is 0.358 e.